The number of benzene rings is 2. The van der Waals surface area contributed by atoms with Crippen LogP contribution in [0.4, 0.5) is 4.39 Å². The molecule has 1 nitrogen and oxygen atoms in total. The van der Waals surface area contributed by atoms with E-state index in [9.17, 15) is 4.39 Å². The summed E-state index contributed by atoms with van der Waals surface area (Å²) in [5.41, 5.74) is 1.62. The quantitative estimate of drug-likeness (QED) is 0.783. The lowest BCUT2D eigenvalue weighted by Gasteiger charge is -1.97. The predicted octanol–water partition coefficient (Wildman–Crippen LogP) is 4.36. The summed E-state index contributed by atoms with van der Waals surface area (Å²) < 4.78 is 13.1. The summed E-state index contributed by atoms with van der Waals surface area (Å²) in [4.78, 5) is 0. The molecule has 0 amide bonds. The van der Waals surface area contributed by atoms with Crippen LogP contribution in [-0.2, 0) is 0 Å². The zero-order valence-electron chi connectivity index (χ0n) is 8.90. The second-order valence-corrected chi connectivity index (χ2v) is 4.06. The van der Waals surface area contributed by atoms with Crippen molar-refractivity contribution in [3.8, 4) is 5.75 Å². The van der Waals surface area contributed by atoms with E-state index in [1.807, 2.05) is 6.08 Å². The largest absolute Gasteiger partial charge is 0.508 e. The summed E-state index contributed by atoms with van der Waals surface area (Å²) in [6, 6.07) is 11.1. The summed E-state index contributed by atoms with van der Waals surface area (Å²) in [7, 11) is 0. The fraction of sp³-hybridized carbons (Fsp3) is 0. The van der Waals surface area contributed by atoms with Crippen molar-refractivity contribution in [1.82, 2.24) is 0 Å². The molecule has 0 heterocycles. The molecule has 0 bridgehead atoms. The molecule has 0 saturated carbocycles. The molecule has 0 fully saturated rings. The fourth-order valence-electron chi connectivity index (χ4n) is 1.45. The van der Waals surface area contributed by atoms with E-state index in [0.29, 0.717) is 10.6 Å². The fourth-order valence-corrected chi connectivity index (χ4v) is 1.68. The van der Waals surface area contributed by atoms with Crippen LogP contribution >= 0.6 is 11.6 Å². The van der Waals surface area contributed by atoms with Gasteiger partial charge in [0.25, 0.3) is 0 Å². The molecule has 0 aliphatic rings. The van der Waals surface area contributed by atoms with Gasteiger partial charge < -0.3 is 5.11 Å². The Bertz CT molecular complexity index is 526. The van der Waals surface area contributed by atoms with Gasteiger partial charge in [0.15, 0.2) is 0 Å². The van der Waals surface area contributed by atoms with Crippen molar-refractivity contribution in [1.29, 1.82) is 0 Å². The van der Waals surface area contributed by atoms with Crippen molar-refractivity contribution in [2.24, 2.45) is 0 Å². The molecule has 17 heavy (non-hydrogen) atoms. The minimum Gasteiger partial charge on any atom is -0.508 e. The summed E-state index contributed by atoms with van der Waals surface area (Å²) >= 11 is 5.75. The standard InChI is InChI=1S/C14H10ClFO/c15-12-7-11(8-13(16)9-12)2-1-10-3-5-14(17)6-4-10/h1-9,17H/b2-1+. The number of halogens is 2. The van der Waals surface area contributed by atoms with Crippen molar-refractivity contribution in [2.75, 3.05) is 0 Å². The molecule has 0 saturated heterocycles. The van der Waals surface area contributed by atoms with Crippen LogP contribution in [0.1, 0.15) is 11.1 Å². The van der Waals surface area contributed by atoms with E-state index in [0.717, 1.165) is 5.56 Å². The van der Waals surface area contributed by atoms with E-state index >= 15 is 0 Å². The van der Waals surface area contributed by atoms with E-state index in [-0.39, 0.29) is 11.6 Å². The summed E-state index contributed by atoms with van der Waals surface area (Å²) in [6.45, 7) is 0. The first-order chi connectivity index (χ1) is 8.13. The lowest BCUT2D eigenvalue weighted by atomic mass is 10.1. The molecule has 0 atom stereocenters. The highest BCUT2D eigenvalue weighted by atomic mass is 35.5. The third kappa shape index (κ3) is 3.33. The molecular formula is C14H10ClFO. The number of rotatable bonds is 2. The van der Waals surface area contributed by atoms with Crippen molar-refractivity contribution >= 4 is 23.8 Å². The Morgan fingerprint density at radius 3 is 2.24 bits per heavy atom. The van der Waals surface area contributed by atoms with Crippen LogP contribution in [0.2, 0.25) is 5.02 Å². The van der Waals surface area contributed by atoms with Crippen LogP contribution in [0.15, 0.2) is 42.5 Å². The van der Waals surface area contributed by atoms with Gasteiger partial charge in [-0.2, -0.15) is 0 Å². The Balaban J connectivity index is 2.22. The maximum Gasteiger partial charge on any atom is 0.125 e. The van der Waals surface area contributed by atoms with Crippen molar-refractivity contribution in [2.45, 2.75) is 0 Å². The second-order valence-electron chi connectivity index (χ2n) is 3.63. The molecule has 2 aromatic carbocycles. The van der Waals surface area contributed by atoms with Gasteiger partial charge in [-0.25, -0.2) is 4.39 Å². The minimum absolute atomic E-state index is 0.218. The SMILES string of the molecule is Oc1ccc(/C=C/c2cc(F)cc(Cl)c2)cc1. The highest BCUT2D eigenvalue weighted by Gasteiger charge is 1.96. The number of phenols is 1. The average Bonchev–Trinajstić information content (AvgIpc) is 2.27. The third-order valence-electron chi connectivity index (χ3n) is 2.25. The van der Waals surface area contributed by atoms with E-state index in [4.69, 9.17) is 16.7 Å². The molecule has 0 aromatic heterocycles. The molecule has 0 aliphatic heterocycles. The molecule has 0 spiro atoms. The molecule has 2 rings (SSSR count). The van der Waals surface area contributed by atoms with Gasteiger partial charge in [0.2, 0.25) is 0 Å². The van der Waals surface area contributed by atoms with Gasteiger partial charge in [-0.05, 0) is 41.5 Å². The highest BCUT2D eigenvalue weighted by molar-refractivity contribution is 6.30. The van der Waals surface area contributed by atoms with Crippen LogP contribution in [0, 0.1) is 5.82 Å². The Morgan fingerprint density at radius 1 is 0.941 bits per heavy atom. The number of hydrogen-bond donors (Lipinski definition) is 1. The molecule has 86 valence electrons. The molecular weight excluding hydrogens is 239 g/mol. The van der Waals surface area contributed by atoms with Crippen LogP contribution in [-0.4, -0.2) is 5.11 Å². The molecule has 0 aliphatic carbocycles. The second kappa shape index (κ2) is 5.02. The molecule has 0 unspecified atom stereocenters. The third-order valence-corrected chi connectivity index (χ3v) is 2.46. The minimum atomic E-state index is -0.358. The molecule has 2 aromatic rings. The molecule has 1 N–H and O–H groups in total. The Labute approximate surface area is 104 Å². The van der Waals surface area contributed by atoms with Gasteiger partial charge in [-0.1, -0.05) is 35.9 Å². The van der Waals surface area contributed by atoms with Crippen molar-refractivity contribution < 1.29 is 9.50 Å². The first-order valence-corrected chi connectivity index (χ1v) is 5.44. The Hall–Kier alpha value is -1.80. The molecule has 3 heteroatoms. The first kappa shape index (κ1) is 11.7. The number of aromatic hydroxyl groups is 1. The van der Waals surface area contributed by atoms with Gasteiger partial charge >= 0.3 is 0 Å². The summed E-state index contributed by atoms with van der Waals surface area (Å²) in [5, 5.41) is 9.49. The van der Waals surface area contributed by atoms with Gasteiger partial charge in [0.1, 0.15) is 11.6 Å². The lowest BCUT2D eigenvalue weighted by molar-refractivity contribution is 0.475. The number of hydrogen-bond acceptors (Lipinski definition) is 1. The van der Waals surface area contributed by atoms with Crippen molar-refractivity contribution in [3.63, 3.8) is 0 Å². The molecule has 0 radical (unpaired) electrons. The van der Waals surface area contributed by atoms with E-state index in [2.05, 4.69) is 0 Å². The maximum atomic E-state index is 13.1. The van der Waals surface area contributed by atoms with Gasteiger partial charge in [-0.15, -0.1) is 0 Å². The highest BCUT2D eigenvalue weighted by Crippen LogP contribution is 2.17. The average molecular weight is 249 g/mol. The zero-order valence-corrected chi connectivity index (χ0v) is 9.66. The monoisotopic (exact) mass is 248 g/mol. The normalized spacial score (nSPS) is 10.9. The number of phenolic OH excluding ortho intramolecular Hbond substituents is 1. The van der Waals surface area contributed by atoms with Crippen molar-refractivity contribution in [3.05, 3.63) is 64.4 Å². The zero-order chi connectivity index (χ0) is 12.3. The van der Waals surface area contributed by atoms with Gasteiger partial charge in [0, 0.05) is 5.02 Å². The maximum absolute atomic E-state index is 13.1. The van der Waals surface area contributed by atoms with Crippen LogP contribution in [0.25, 0.3) is 12.2 Å². The Kier molecular flexibility index (Phi) is 3.45. The first-order valence-electron chi connectivity index (χ1n) is 5.07. The van der Waals surface area contributed by atoms with E-state index in [1.54, 1.807) is 36.4 Å². The van der Waals surface area contributed by atoms with E-state index < -0.39 is 0 Å². The predicted molar refractivity (Wildman–Crippen MR) is 68.4 cm³/mol. The smallest absolute Gasteiger partial charge is 0.125 e. The van der Waals surface area contributed by atoms with Crippen LogP contribution < -0.4 is 0 Å². The summed E-state index contributed by atoms with van der Waals surface area (Å²) in [6.07, 6.45) is 3.59. The van der Waals surface area contributed by atoms with E-state index in [1.165, 1.54) is 12.1 Å². The Morgan fingerprint density at radius 2 is 1.59 bits per heavy atom. The van der Waals surface area contributed by atoms with Crippen LogP contribution in [0.3, 0.4) is 0 Å². The summed E-state index contributed by atoms with van der Waals surface area (Å²) in [5.74, 6) is -0.140. The van der Waals surface area contributed by atoms with Gasteiger partial charge in [0.05, 0.1) is 0 Å². The topological polar surface area (TPSA) is 20.2 Å². The van der Waals surface area contributed by atoms with Gasteiger partial charge in [-0.3, -0.25) is 0 Å². The lowest BCUT2D eigenvalue weighted by Crippen LogP contribution is -1.78. The van der Waals surface area contributed by atoms with Crippen LogP contribution in [0.5, 0.6) is 5.75 Å².